The molecule has 0 radical (unpaired) electrons. The number of pyridine rings is 1. The first-order chi connectivity index (χ1) is 15.6. The van der Waals surface area contributed by atoms with Crippen molar-refractivity contribution in [2.45, 2.75) is 45.5 Å². The van der Waals surface area contributed by atoms with Gasteiger partial charge in [0.1, 0.15) is 18.2 Å². The van der Waals surface area contributed by atoms with Crippen LogP contribution in [0.5, 0.6) is 0 Å². The van der Waals surface area contributed by atoms with Crippen molar-refractivity contribution in [3.63, 3.8) is 0 Å². The van der Waals surface area contributed by atoms with Crippen LogP contribution in [-0.4, -0.2) is 83.5 Å². The molecule has 0 amide bonds. The molecule has 2 N–H and O–H groups in total. The highest BCUT2D eigenvalue weighted by Gasteiger charge is 2.22. The zero-order valence-electron chi connectivity index (χ0n) is 19.4. The molecule has 1 fully saturated rings. The van der Waals surface area contributed by atoms with Crippen LogP contribution in [0.15, 0.2) is 23.3 Å². The van der Waals surface area contributed by atoms with E-state index in [1.165, 1.54) is 0 Å². The second-order valence-corrected chi connectivity index (χ2v) is 8.45. The molecule has 2 aliphatic rings. The molecule has 174 valence electrons. The fourth-order valence-corrected chi connectivity index (χ4v) is 4.09. The molecule has 2 aromatic rings. The maximum Gasteiger partial charge on any atom is 0.191 e. The summed E-state index contributed by atoms with van der Waals surface area (Å²) in [6.07, 6.45) is 3.84. The Morgan fingerprint density at radius 1 is 1.25 bits per heavy atom. The molecule has 10 nitrogen and oxygen atoms in total. The van der Waals surface area contributed by atoms with E-state index in [4.69, 9.17) is 9.73 Å². The van der Waals surface area contributed by atoms with Gasteiger partial charge in [0.2, 0.25) is 0 Å². The summed E-state index contributed by atoms with van der Waals surface area (Å²) in [4.78, 5) is 18.7. The van der Waals surface area contributed by atoms with Crippen LogP contribution in [0.2, 0.25) is 0 Å². The summed E-state index contributed by atoms with van der Waals surface area (Å²) in [5.41, 5.74) is 1.10. The third-order valence-corrected chi connectivity index (χ3v) is 5.92. The van der Waals surface area contributed by atoms with Crippen LogP contribution in [0.25, 0.3) is 0 Å². The lowest BCUT2D eigenvalue weighted by molar-refractivity contribution is 0.177. The molecule has 1 unspecified atom stereocenters. The average Bonchev–Trinajstić information content (AvgIpc) is 3.20. The van der Waals surface area contributed by atoms with Crippen LogP contribution in [0.1, 0.15) is 30.6 Å². The molecule has 0 aliphatic carbocycles. The van der Waals surface area contributed by atoms with Gasteiger partial charge in [0, 0.05) is 58.5 Å². The van der Waals surface area contributed by atoms with E-state index in [-0.39, 0.29) is 6.04 Å². The number of nitrogens with one attached hydrogen (secondary N) is 2. The van der Waals surface area contributed by atoms with E-state index < -0.39 is 0 Å². The molecule has 32 heavy (non-hydrogen) atoms. The topological polar surface area (TPSA) is 95.7 Å². The van der Waals surface area contributed by atoms with Gasteiger partial charge in [-0.1, -0.05) is 6.07 Å². The Morgan fingerprint density at radius 2 is 2.09 bits per heavy atom. The zero-order chi connectivity index (χ0) is 22.3. The molecule has 2 aromatic heterocycles. The number of ether oxygens (including phenoxy) is 1. The van der Waals surface area contributed by atoms with Gasteiger partial charge in [0.25, 0.3) is 0 Å². The lowest BCUT2D eigenvalue weighted by atomic mass is 10.1. The summed E-state index contributed by atoms with van der Waals surface area (Å²) < 4.78 is 7.14. The SMILES string of the molecule is CCNC(=NCc1ccc(N2CCN(C)CC2)nc1)NC1CCc2nc(COC)nn2C1. The fraction of sp³-hybridized carbons (Fsp3) is 0.636. The van der Waals surface area contributed by atoms with Gasteiger partial charge in [-0.05, 0) is 32.0 Å². The minimum absolute atomic E-state index is 0.259. The summed E-state index contributed by atoms with van der Waals surface area (Å²) in [5, 5.41) is 11.5. The number of aliphatic imine (C=N–C) groups is 1. The van der Waals surface area contributed by atoms with Crippen LogP contribution in [0.4, 0.5) is 5.82 Å². The Labute approximate surface area is 190 Å². The van der Waals surface area contributed by atoms with Gasteiger partial charge >= 0.3 is 0 Å². The van der Waals surface area contributed by atoms with Crippen LogP contribution in [0.3, 0.4) is 0 Å². The maximum atomic E-state index is 5.16. The first-order valence-electron chi connectivity index (χ1n) is 11.5. The van der Waals surface area contributed by atoms with Crippen molar-refractivity contribution < 1.29 is 4.74 Å². The lowest BCUT2D eigenvalue weighted by Gasteiger charge is -2.33. The highest BCUT2D eigenvalue weighted by molar-refractivity contribution is 5.80. The monoisotopic (exact) mass is 441 g/mol. The number of piperazine rings is 1. The second kappa shape index (κ2) is 10.7. The lowest BCUT2D eigenvalue weighted by Crippen LogP contribution is -2.47. The molecule has 2 aliphatic heterocycles. The van der Waals surface area contributed by atoms with E-state index in [2.05, 4.69) is 61.6 Å². The number of methoxy groups -OCH3 is 1. The summed E-state index contributed by atoms with van der Waals surface area (Å²) in [7, 11) is 3.83. The predicted molar refractivity (Wildman–Crippen MR) is 125 cm³/mol. The predicted octanol–water partition coefficient (Wildman–Crippen LogP) is 0.641. The molecule has 4 rings (SSSR count). The number of fused-ring (bicyclic) bond motifs is 1. The number of likely N-dealkylation sites (N-methyl/N-ethyl adjacent to an activating group) is 1. The average molecular weight is 442 g/mol. The Bertz CT molecular complexity index is 887. The highest BCUT2D eigenvalue weighted by atomic mass is 16.5. The number of guanidine groups is 1. The smallest absolute Gasteiger partial charge is 0.191 e. The van der Waals surface area contributed by atoms with Crippen molar-refractivity contribution in [1.82, 2.24) is 35.3 Å². The van der Waals surface area contributed by atoms with Gasteiger partial charge in [-0.15, -0.1) is 0 Å². The van der Waals surface area contributed by atoms with E-state index in [0.717, 1.165) is 81.1 Å². The molecular formula is C22H35N9O. The largest absolute Gasteiger partial charge is 0.377 e. The van der Waals surface area contributed by atoms with Gasteiger partial charge in [0.05, 0.1) is 13.1 Å². The van der Waals surface area contributed by atoms with Crippen molar-refractivity contribution in [1.29, 1.82) is 0 Å². The highest BCUT2D eigenvalue weighted by Crippen LogP contribution is 2.15. The second-order valence-electron chi connectivity index (χ2n) is 8.45. The molecule has 1 atom stereocenters. The standard InChI is InChI=1S/C22H35N9O/c1-4-23-22(26-18-6-8-21-27-19(16-32-3)28-31(21)15-18)25-14-17-5-7-20(24-13-17)30-11-9-29(2)10-12-30/h5,7,13,18H,4,6,8-12,14-16H2,1-3H3,(H2,23,25,26). The quantitative estimate of drug-likeness (QED) is 0.478. The Hall–Kier alpha value is -2.72. The van der Waals surface area contributed by atoms with Gasteiger partial charge in [-0.25, -0.2) is 19.6 Å². The summed E-state index contributed by atoms with van der Waals surface area (Å²) >= 11 is 0. The third kappa shape index (κ3) is 5.74. The van der Waals surface area contributed by atoms with Gasteiger partial charge in [-0.3, -0.25) is 0 Å². The Morgan fingerprint density at radius 3 is 2.81 bits per heavy atom. The molecule has 0 saturated carbocycles. The molecule has 0 spiro atoms. The Kier molecular flexibility index (Phi) is 7.54. The van der Waals surface area contributed by atoms with Gasteiger partial charge in [-0.2, -0.15) is 5.10 Å². The maximum absolute atomic E-state index is 5.16. The fourth-order valence-electron chi connectivity index (χ4n) is 4.09. The van der Waals surface area contributed by atoms with Crippen LogP contribution < -0.4 is 15.5 Å². The van der Waals surface area contributed by atoms with Crippen LogP contribution >= 0.6 is 0 Å². The van der Waals surface area contributed by atoms with E-state index in [9.17, 15) is 0 Å². The zero-order valence-corrected chi connectivity index (χ0v) is 19.4. The first-order valence-corrected chi connectivity index (χ1v) is 11.5. The minimum atomic E-state index is 0.259. The molecule has 1 saturated heterocycles. The van der Waals surface area contributed by atoms with Crippen molar-refractivity contribution in [2.24, 2.45) is 4.99 Å². The van der Waals surface area contributed by atoms with E-state index in [1.807, 2.05) is 10.9 Å². The van der Waals surface area contributed by atoms with Crippen molar-refractivity contribution in [3.05, 3.63) is 35.5 Å². The van der Waals surface area contributed by atoms with Crippen molar-refractivity contribution in [3.8, 4) is 0 Å². The van der Waals surface area contributed by atoms with Crippen molar-refractivity contribution >= 4 is 11.8 Å². The summed E-state index contributed by atoms with van der Waals surface area (Å²) in [6.45, 7) is 8.91. The van der Waals surface area contributed by atoms with Crippen LogP contribution in [0, 0.1) is 0 Å². The number of hydrogen-bond acceptors (Lipinski definition) is 7. The summed E-state index contributed by atoms with van der Waals surface area (Å²) in [6, 6.07) is 4.50. The number of aromatic nitrogens is 4. The number of aryl methyl sites for hydroxylation is 1. The van der Waals surface area contributed by atoms with Gasteiger partial charge in [0.15, 0.2) is 11.8 Å². The molecule has 4 heterocycles. The minimum Gasteiger partial charge on any atom is -0.377 e. The molecular weight excluding hydrogens is 406 g/mol. The van der Waals surface area contributed by atoms with Crippen molar-refractivity contribution in [2.75, 3.05) is 51.8 Å². The van der Waals surface area contributed by atoms with E-state index in [1.54, 1.807) is 7.11 Å². The molecule has 0 aromatic carbocycles. The normalized spacial score (nSPS) is 19.7. The Balaban J connectivity index is 1.33. The third-order valence-electron chi connectivity index (χ3n) is 5.92. The van der Waals surface area contributed by atoms with Crippen LogP contribution in [-0.2, 0) is 30.9 Å². The number of anilines is 1. The van der Waals surface area contributed by atoms with Gasteiger partial charge < -0.3 is 25.2 Å². The number of nitrogens with zero attached hydrogens (tertiary/aromatic N) is 7. The van der Waals surface area contributed by atoms with E-state index in [0.29, 0.717) is 13.2 Å². The first kappa shape index (κ1) is 22.5. The number of hydrogen-bond donors (Lipinski definition) is 2. The molecule has 0 bridgehead atoms. The van der Waals surface area contributed by atoms with E-state index >= 15 is 0 Å². The molecule has 10 heteroatoms. The number of rotatable bonds is 7. The summed E-state index contributed by atoms with van der Waals surface area (Å²) in [5.74, 6) is 3.65.